The van der Waals surface area contributed by atoms with E-state index in [-0.39, 0.29) is 30.0 Å². The Balaban J connectivity index is 2.41. The number of aliphatic carboxylic acids is 1. The van der Waals surface area contributed by atoms with Crippen LogP contribution in [0.3, 0.4) is 0 Å². The first kappa shape index (κ1) is 16.0. The lowest BCUT2D eigenvalue weighted by Crippen LogP contribution is -2.41. The van der Waals surface area contributed by atoms with Gasteiger partial charge in [-0.05, 0) is 12.3 Å². The van der Waals surface area contributed by atoms with Crippen LogP contribution >= 0.6 is 11.8 Å². The second-order valence-electron chi connectivity index (χ2n) is 4.68. The van der Waals surface area contributed by atoms with E-state index < -0.39 is 17.9 Å². The molecule has 19 heavy (non-hydrogen) atoms. The van der Waals surface area contributed by atoms with Crippen LogP contribution in [-0.4, -0.2) is 52.0 Å². The SMILES string of the molecule is CC(=O)NC(CSC[C@H]1C(=O)CC[C@@H]1CO)C(=O)O. The molecule has 0 spiro atoms. The standard InChI is InChI=1S/C12H19NO5S/c1-7(15)13-10(12(17)18)6-19-5-9-8(4-14)2-3-11(9)16/h8-10,14H,2-6H2,1H3,(H,13,15)(H,17,18)/t8-,9-,10?/m1/s1. The van der Waals surface area contributed by atoms with Crippen LogP contribution in [0.1, 0.15) is 19.8 Å². The number of carboxylic acid groups (broad SMARTS) is 1. The number of rotatable bonds is 7. The largest absolute Gasteiger partial charge is 0.480 e. The Kier molecular flexibility index (Phi) is 6.30. The normalized spacial score (nSPS) is 24.2. The Morgan fingerprint density at radius 3 is 2.74 bits per heavy atom. The predicted octanol–water partition coefficient (Wildman–Crippen LogP) is -0.103. The van der Waals surface area contributed by atoms with E-state index in [1.54, 1.807) is 0 Å². The van der Waals surface area contributed by atoms with Crippen molar-refractivity contribution >= 4 is 29.4 Å². The zero-order valence-corrected chi connectivity index (χ0v) is 11.6. The number of ketones is 1. The highest BCUT2D eigenvalue weighted by atomic mass is 32.2. The first-order valence-electron chi connectivity index (χ1n) is 6.17. The summed E-state index contributed by atoms with van der Waals surface area (Å²) in [6, 6.07) is -0.938. The van der Waals surface area contributed by atoms with Gasteiger partial charge in [0.1, 0.15) is 11.8 Å². The number of carbonyl (C=O) groups is 3. The number of thioether (sulfide) groups is 1. The summed E-state index contributed by atoms with van der Waals surface area (Å²) >= 11 is 1.32. The fourth-order valence-corrected chi connectivity index (χ4v) is 3.47. The molecule has 0 radical (unpaired) electrons. The van der Waals surface area contributed by atoms with E-state index in [2.05, 4.69) is 5.32 Å². The van der Waals surface area contributed by atoms with Gasteiger partial charge in [-0.25, -0.2) is 4.79 Å². The van der Waals surface area contributed by atoms with Crippen LogP contribution in [0.5, 0.6) is 0 Å². The molecule has 0 heterocycles. The third kappa shape index (κ3) is 4.83. The van der Waals surface area contributed by atoms with Crippen molar-refractivity contribution in [3.63, 3.8) is 0 Å². The molecule has 0 aromatic carbocycles. The van der Waals surface area contributed by atoms with Gasteiger partial charge in [-0.3, -0.25) is 9.59 Å². The molecule has 7 heteroatoms. The maximum atomic E-state index is 11.6. The first-order valence-corrected chi connectivity index (χ1v) is 7.32. The van der Waals surface area contributed by atoms with Gasteiger partial charge in [0.15, 0.2) is 0 Å². The summed E-state index contributed by atoms with van der Waals surface area (Å²) in [4.78, 5) is 33.4. The molecule has 108 valence electrons. The fraction of sp³-hybridized carbons (Fsp3) is 0.750. The number of carbonyl (C=O) groups excluding carboxylic acids is 2. The van der Waals surface area contributed by atoms with Crippen LogP contribution < -0.4 is 5.32 Å². The van der Waals surface area contributed by atoms with Gasteiger partial charge < -0.3 is 15.5 Å². The number of carboxylic acids is 1. The van der Waals surface area contributed by atoms with Crippen LogP contribution in [-0.2, 0) is 14.4 Å². The lowest BCUT2D eigenvalue weighted by atomic mass is 9.99. The number of nitrogens with one attached hydrogen (secondary N) is 1. The number of amides is 1. The highest BCUT2D eigenvalue weighted by Crippen LogP contribution is 2.31. The number of aliphatic hydroxyl groups excluding tert-OH is 1. The second kappa shape index (κ2) is 7.49. The first-order chi connectivity index (χ1) is 8.95. The molecule has 1 aliphatic rings. The molecular weight excluding hydrogens is 270 g/mol. The van der Waals surface area contributed by atoms with Gasteiger partial charge in [0.2, 0.25) is 5.91 Å². The molecule has 1 fully saturated rings. The summed E-state index contributed by atoms with van der Waals surface area (Å²) in [5.74, 6) is -0.828. The van der Waals surface area contributed by atoms with Gasteiger partial charge in [-0.1, -0.05) is 0 Å². The van der Waals surface area contributed by atoms with Crippen LogP contribution in [0.25, 0.3) is 0 Å². The highest BCUT2D eigenvalue weighted by molar-refractivity contribution is 7.99. The van der Waals surface area contributed by atoms with Crippen molar-refractivity contribution < 1.29 is 24.6 Å². The van der Waals surface area contributed by atoms with Gasteiger partial charge in [0.05, 0.1) is 0 Å². The Morgan fingerprint density at radius 2 is 2.21 bits per heavy atom. The zero-order valence-electron chi connectivity index (χ0n) is 10.8. The highest BCUT2D eigenvalue weighted by Gasteiger charge is 2.34. The van der Waals surface area contributed by atoms with E-state index in [1.165, 1.54) is 18.7 Å². The molecule has 1 amide bonds. The molecule has 0 bridgehead atoms. The summed E-state index contributed by atoms with van der Waals surface area (Å²) in [5.41, 5.74) is 0. The Bertz CT molecular complexity index is 360. The van der Waals surface area contributed by atoms with Gasteiger partial charge in [-0.2, -0.15) is 11.8 Å². The van der Waals surface area contributed by atoms with E-state index >= 15 is 0 Å². The topological polar surface area (TPSA) is 104 Å². The van der Waals surface area contributed by atoms with E-state index in [0.717, 1.165) is 0 Å². The van der Waals surface area contributed by atoms with E-state index in [1.807, 2.05) is 0 Å². The second-order valence-corrected chi connectivity index (χ2v) is 5.76. The molecule has 3 N–H and O–H groups in total. The summed E-state index contributed by atoms with van der Waals surface area (Å²) in [6.07, 6.45) is 1.19. The van der Waals surface area contributed by atoms with Gasteiger partial charge >= 0.3 is 5.97 Å². The van der Waals surface area contributed by atoms with Gasteiger partial charge in [-0.15, -0.1) is 0 Å². The molecule has 0 aliphatic heterocycles. The number of hydrogen-bond acceptors (Lipinski definition) is 5. The number of hydrogen-bond donors (Lipinski definition) is 3. The molecule has 0 saturated heterocycles. The molecule has 1 saturated carbocycles. The third-order valence-corrected chi connectivity index (χ3v) is 4.40. The van der Waals surface area contributed by atoms with Gasteiger partial charge in [0, 0.05) is 37.4 Å². The van der Waals surface area contributed by atoms with E-state index in [9.17, 15) is 14.4 Å². The Labute approximate surface area is 115 Å². The maximum absolute atomic E-state index is 11.6. The van der Waals surface area contributed by atoms with Crippen LogP contribution in [0.4, 0.5) is 0 Å². The minimum Gasteiger partial charge on any atom is -0.480 e. The van der Waals surface area contributed by atoms with Crippen LogP contribution in [0.2, 0.25) is 0 Å². The lowest BCUT2D eigenvalue weighted by molar-refractivity contribution is -0.140. The maximum Gasteiger partial charge on any atom is 0.327 e. The molecule has 1 aliphatic carbocycles. The minimum atomic E-state index is -1.08. The molecular formula is C12H19NO5S. The third-order valence-electron chi connectivity index (χ3n) is 3.24. The van der Waals surface area contributed by atoms with Crippen molar-refractivity contribution in [3.05, 3.63) is 0 Å². The molecule has 0 aromatic heterocycles. The van der Waals surface area contributed by atoms with Crippen molar-refractivity contribution in [1.29, 1.82) is 0 Å². The van der Waals surface area contributed by atoms with E-state index in [4.69, 9.17) is 10.2 Å². The Morgan fingerprint density at radius 1 is 1.53 bits per heavy atom. The molecule has 1 rings (SSSR count). The summed E-state index contributed by atoms with van der Waals surface area (Å²) < 4.78 is 0. The molecule has 1 unspecified atom stereocenters. The van der Waals surface area contributed by atoms with Crippen molar-refractivity contribution in [2.75, 3.05) is 18.1 Å². The summed E-state index contributed by atoms with van der Waals surface area (Å²) in [5, 5.41) is 20.4. The predicted molar refractivity (Wildman–Crippen MR) is 70.9 cm³/mol. The van der Waals surface area contributed by atoms with Crippen LogP contribution in [0, 0.1) is 11.8 Å². The van der Waals surface area contributed by atoms with Crippen molar-refractivity contribution in [1.82, 2.24) is 5.32 Å². The summed E-state index contributed by atoms with van der Waals surface area (Å²) in [7, 11) is 0. The van der Waals surface area contributed by atoms with Crippen molar-refractivity contribution in [2.24, 2.45) is 11.8 Å². The number of aliphatic hydroxyl groups is 1. The molecule has 0 aromatic rings. The molecule has 6 nitrogen and oxygen atoms in total. The smallest absolute Gasteiger partial charge is 0.327 e. The quantitative estimate of drug-likeness (QED) is 0.604. The minimum absolute atomic E-state index is 0.00891. The monoisotopic (exact) mass is 289 g/mol. The van der Waals surface area contributed by atoms with Gasteiger partial charge in [0.25, 0.3) is 0 Å². The van der Waals surface area contributed by atoms with E-state index in [0.29, 0.717) is 18.6 Å². The average Bonchev–Trinajstić information content (AvgIpc) is 2.68. The van der Waals surface area contributed by atoms with Crippen LogP contribution in [0.15, 0.2) is 0 Å². The summed E-state index contributed by atoms with van der Waals surface area (Å²) in [6.45, 7) is 1.26. The average molecular weight is 289 g/mol. The lowest BCUT2D eigenvalue weighted by Gasteiger charge is -2.17. The van der Waals surface area contributed by atoms with Crippen molar-refractivity contribution in [3.8, 4) is 0 Å². The van der Waals surface area contributed by atoms with Crippen molar-refractivity contribution in [2.45, 2.75) is 25.8 Å². The molecule has 3 atom stereocenters. The fourth-order valence-electron chi connectivity index (χ4n) is 2.16. The zero-order chi connectivity index (χ0) is 14.4. The number of Topliss-reactive ketones (excluding diaryl/α,β-unsaturated/α-hetero) is 1. The Hall–Kier alpha value is -1.08.